The van der Waals surface area contributed by atoms with Crippen LogP contribution < -0.4 is 4.72 Å². The highest BCUT2D eigenvalue weighted by molar-refractivity contribution is 7.90. The molecule has 0 unspecified atom stereocenters. The van der Waals surface area contributed by atoms with E-state index in [0.717, 1.165) is 0 Å². The maximum atomic E-state index is 11.6. The highest BCUT2D eigenvalue weighted by atomic mass is 32.2. The summed E-state index contributed by atoms with van der Waals surface area (Å²) in [5.74, 6) is -1.21. The number of benzene rings is 1. The molecule has 0 spiro atoms. The Morgan fingerprint density at radius 1 is 1.19 bits per heavy atom. The summed E-state index contributed by atoms with van der Waals surface area (Å²) in [6, 6.07) is 7.48. The summed E-state index contributed by atoms with van der Waals surface area (Å²) in [6.45, 7) is 1.22. The Kier molecular flexibility index (Phi) is 3.78. The summed E-state index contributed by atoms with van der Waals surface area (Å²) < 4.78 is 25.0. The minimum absolute atomic E-state index is 0.00750. The fourth-order valence-electron chi connectivity index (χ4n) is 1.07. The van der Waals surface area contributed by atoms with Gasteiger partial charge in [-0.15, -0.1) is 0 Å². The van der Waals surface area contributed by atoms with Crippen LogP contribution in [-0.2, 0) is 19.6 Å². The summed E-state index contributed by atoms with van der Waals surface area (Å²) in [4.78, 5) is 21.7. The second-order valence-corrected chi connectivity index (χ2v) is 4.90. The van der Waals surface area contributed by atoms with E-state index < -0.39 is 22.4 Å². The van der Waals surface area contributed by atoms with Crippen molar-refractivity contribution in [3.63, 3.8) is 0 Å². The summed E-state index contributed by atoms with van der Waals surface area (Å²) >= 11 is 0. The molecule has 0 saturated heterocycles. The van der Waals surface area contributed by atoms with Gasteiger partial charge in [-0.05, 0) is 19.1 Å². The summed E-state index contributed by atoms with van der Waals surface area (Å²) in [7, 11) is -3.86. The molecule has 0 radical (unpaired) electrons. The van der Waals surface area contributed by atoms with Crippen LogP contribution in [0.4, 0.5) is 0 Å². The molecule has 0 atom stereocenters. The minimum Gasteiger partial charge on any atom is -0.299 e. The van der Waals surface area contributed by atoms with E-state index in [1.807, 2.05) is 4.72 Å². The average Bonchev–Trinajstić information content (AvgIpc) is 2.16. The predicted molar refractivity (Wildman–Crippen MR) is 57.1 cm³/mol. The molecule has 1 aromatic rings. The van der Waals surface area contributed by atoms with Crippen LogP contribution in [0.25, 0.3) is 0 Å². The Hall–Kier alpha value is -1.69. The zero-order valence-corrected chi connectivity index (χ0v) is 9.45. The summed E-state index contributed by atoms with van der Waals surface area (Å²) in [5, 5.41) is 0. The van der Waals surface area contributed by atoms with Crippen molar-refractivity contribution in [3.05, 3.63) is 30.3 Å². The van der Waals surface area contributed by atoms with Gasteiger partial charge in [0.2, 0.25) is 5.91 Å². The smallest absolute Gasteiger partial charge is 0.264 e. The lowest BCUT2D eigenvalue weighted by molar-refractivity contribution is -0.126. The molecule has 0 fully saturated rings. The second-order valence-electron chi connectivity index (χ2n) is 3.22. The van der Waals surface area contributed by atoms with Crippen LogP contribution >= 0.6 is 0 Å². The third-order valence-corrected chi connectivity index (χ3v) is 3.10. The maximum absolute atomic E-state index is 11.6. The van der Waals surface area contributed by atoms with Gasteiger partial charge in [-0.3, -0.25) is 9.59 Å². The van der Waals surface area contributed by atoms with Crippen LogP contribution in [0.5, 0.6) is 0 Å². The van der Waals surface area contributed by atoms with Crippen LogP contribution in [0, 0.1) is 0 Å². The van der Waals surface area contributed by atoms with Crippen molar-refractivity contribution in [1.82, 2.24) is 4.72 Å². The van der Waals surface area contributed by atoms with Crippen molar-refractivity contribution >= 4 is 21.7 Å². The van der Waals surface area contributed by atoms with E-state index in [-0.39, 0.29) is 10.7 Å². The molecule has 0 aliphatic heterocycles. The Morgan fingerprint density at radius 3 is 2.25 bits per heavy atom. The normalized spacial score (nSPS) is 10.8. The van der Waals surface area contributed by atoms with Gasteiger partial charge in [-0.1, -0.05) is 18.2 Å². The summed E-state index contributed by atoms with van der Waals surface area (Å²) in [5.41, 5.74) is 0. The van der Waals surface area contributed by atoms with Gasteiger partial charge in [0.25, 0.3) is 10.0 Å². The van der Waals surface area contributed by atoms with Gasteiger partial charge in [0.1, 0.15) is 5.78 Å². The number of nitrogens with one attached hydrogen (secondary N) is 1. The number of Topliss-reactive ketones (excluding diaryl/α,β-unsaturated/α-hetero) is 1. The van der Waals surface area contributed by atoms with Crippen LogP contribution in [0.1, 0.15) is 13.3 Å². The Bertz CT molecular complexity index is 493. The SMILES string of the molecule is CC(=O)CC(=O)NS(=O)(=O)c1ccccc1. The lowest BCUT2D eigenvalue weighted by Crippen LogP contribution is -2.31. The highest BCUT2D eigenvalue weighted by Crippen LogP contribution is 2.06. The van der Waals surface area contributed by atoms with E-state index in [4.69, 9.17) is 0 Å². The quantitative estimate of drug-likeness (QED) is 0.777. The topological polar surface area (TPSA) is 80.3 Å². The molecule has 0 bridgehead atoms. The molecule has 0 saturated carbocycles. The van der Waals surface area contributed by atoms with Crippen LogP contribution in [0.15, 0.2) is 35.2 Å². The largest absolute Gasteiger partial charge is 0.299 e. The Morgan fingerprint density at radius 2 is 1.75 bits per heavy atom. The van der Waals surface area contributed by atoms with Gasteiger partial charge < -0.3 is 0 Å². The standard InChI is InChI=1S/C10H11NO4S/c1-8(12)7-10(13)11-16(14,15)9-5-3-2-4-6-9/h2-6H,7H2,1H3,(H,11,13). The third kappa shape index (κ3) is 3.47. The molecule has 0 aromatic heterocycles. The van der Waals surface area contributed by atoms with E-state index in [1.165, 1.54) is 19.1 Å². The van der Waals surface area contributed by atoms with E-state index >= 15 is 0 Å². The number of ketones is 1. The van der Waals surface area contributed by atoms with Crippen LogP contribution in [0.3, 0.4) is 0 Å². The minimum atomic E-state index is -3.86. The number of carbonyl (C=O) groups excluding carboxylic acids is 2. The number of hydrogen-bond donors (Lipinski definition) is 1. The van der Waals surface area contributed by atoms with E-state index in [2.05, 4.69) is 0 Å². The molecule has 6 heteroatoms. The van der Waals surface area contributed by atoms with E-state index in [9.17, 15) is 18.0 Å². The molecule has 5 nitrogen and oxygen atoms in total. The number of hydrogen-bond acceptors (Lipinski definition) is 4. The first-order chi connectivity index (χ1) is 7.42. The predicted octanol–water partition coefficient (Wildman–Crippen LogP) is 0.471. The van der Waals surface area contributed by atoms with Gasteiger partial charge >= 0.3 is 0 Å². The van der Waals surface area contributed by atoms with Crippen molar-refractivity contribution in [1.29, 1.82) is 0 Å². The van der Waals surface area contributed by atoms with Crippen molar-refractivity contribution < 1.29 is 18.0 Å². The number of amides is 1. The van der Waals surface area contributed by atoms with Crippen molar-refractivity contribution in [3.8, 4) is 0 Å². The molecule has 1 N–H and O–H groups in total. The summed E-state index contributed by atoms with van der Waals surface area (Å²) in [6.07, 6.45) is -0.438. The zero-order valence-electron chi connectivity index (χ0n) is 8.64. The molecule has 86 valence electrons. The number of carbonyl (C=O) groups is 2. The van der Waals surface area contributed by atoms with Gasteiger partial charge in [-0.2, -0.15) is 0 Å². The van der Waals surface area contributed by atoms with Gasteiger partial charge in [0.15, 0.2) is 0 Å². The molecule has 0 aliphatic rings. The second kappa shape index (κ2) is 4.89. The van der Waals surface area contributed by atoms with Crippen LogP contribution in [0.2, 0.25) is 0 Å². The molecular weight excluding hydrogens is 230 g/mol. The lowest BCUT2D eigenvalue weighted by Gasteiger charge is -2.05. The zero-order chi connectivity index (χ0) is 12.2. The van der Waals surface area contributed by atoms with Gasteiger partial charge in [-0.25, -0.2) is 13.1 Å². The number of sulfonamides is 1. The maximum Gasteiger partial charge on any atom is 0.264 e. The Labute approximate surface area is 93.5 Å². The molecule has 0 aliphatic carbocycles. The molecule has 16 heavy (non-hydrogen) atoms. The van der Waals surface area contributed by atoms with Crippen molar-refractivity contribution in [2.75, 3.05) is 0 Å². The monoisotopic (exact) mass is 241 g/mol. The van der Waals surface area contributed by atoms with Crippen LogP contribution in [-0.4, -0.2) is 20.1 Å². The van der Waals surface area contributed by atoms with Gasteiger partial charge in [0, 0.05) is 0 Å². The first kappa shape index (κ1) is 12.4. The highest BCUT2D eigenvalue weighted by Gasteiger charge is 2.17. The van der Waals surface area contributed by atoms with Gasteiger partial charge in [0.05, 0.1) is 11.3 Å². The first-order valence-corrected chi connectivity index (χ1v) is 6.00. The molecule has 1 amide bonds. The van der Waals surface area contributed by atoms with E-state index in [0.29, 0.717) is 0 Å². The fourth-order valence-corrected chi connectivity index (χ4v) is 2.08. The fraction of sp³-hybridized carbons (Fsp3) is 0.200. The first-order valence-electron chi connectivity index (χ1n) is 4.52. The molecular formula is C10H11NO4S. The van der Waals surface area contributed by atoms with Crippen molar-refractivity contribution in [2.45, 2.75) is 18.2 Å². The molecule has 0 heterocycles. The lowest BCUT2D eigenvalue weighted by atomic mass is 10.3. The molecule has 1 aromatic carbocycles. The van der Waals surface area contributed by atoms with Crippen molar-refractivity contribution in [2.24, 2.45) is 0 Å². The Balaban J connectivity index is 2.81. The van der Waals surface area contributed by atoms with E-state index in [1.54, 1.807) is 18.2 Å². The number of rotatable bonds is 4. The molecule has 1 rings (SSSR count). The third-order valence-electron chi connectivity index (χ3n) is 1.71. The average molecular weight is 241 g/mol.